The van der Waals surface area contributed by atoms with Gasteiger partial charge in [0, 0.05) is 11.3 Å². The topological polar surface area (TPSA) is 72.9 Å². The minimum atomic E-state index is -0.819. The van der Waals surface area contributed by atoms with E-state index in [2.05, 4.69) is 27.7 Å². The van der Waals surface area contributed by atoms with Gasteiger partial charge in [0.15, 0.2) is 0 Å². The van der Waals surface area contributed by atoms with Gasteiger partial charge in [0.2, 0.25) is 0 Å². The van der Waals surface area contributed by atoms with Gasteiger partial charge in [-0.25, -0.2) is 4.79 Å². The van der Waals surface area contributed by atoms with E-state index in [-0.39, 0.29) is 29.4 Å². The summed E-state index contributed by atoms with van der Waals surface area (Å²) in [5.74, 6) is 2.26. The van der Waals surface area contributed by atoms with E-state index in [1.165, 1.54) is 19.3 Å². The molecule has 0 aromatic rings. The van der Waals surface area contributed by atoms with Crippen LogP contribution in [-0.4, -0.2) is 48.5 Å². The fraction of sp³-hybridized carbons (Fsp3) is 0.900. The number of Topliss-reactive ketones (excluding diaryl/α,β-unsaturated/α-hetero) is 1. The third-order valence-electron chi connectivity index (χ3n) is 11.0. The first-order valence-electron chi connectivity index (χ1n) is 14.8. The molecule has 4 aliphatic carbocycles. The van der Waals surface area contributed by atoms with Crippen LogP contribution in [0.5, 0.6) is 0 Å². The van der Waals surface area contributed by atoms with Gasteiger partial charge in [-0.3, -0.25) is 14.5 Å². The lowest BCUT2D eigenvalue weighted by Gasteiger charge is -2.61. The van der Waals surface area contributed by atoms with Crippen LogP contribution in [0, 0.1) is 40.4 Å². The fourth-order valence-corrected chi connectivity index (χ4v) is 9.49. The van der Waals surface area contributed by atoms with E-state index in [0.717, 1.165) is 64.5 Å². The SMILES string of the molecule is CCCN(CCC)CC(=O)OC(=O)OC1CCC[C@@H]2CC[C@H]3[C@@H]4CC[C@H](C(C)=O)[C@@]4(C)CC[C@@H]3[C@@]12C. The van der Waals surface area contributed by atoms with Crippen LogP contribution >= 0.6 is 0 Å². The highest BCUT2D eigenvalue weighted by molar-refractivity contribution is 5.83. The van der Waals surface area contributed by atoms with Crippen molar-refractivity contribution in [1.29, 1.82) is 0 Å². The molecule has 36 heavy (non-hydrogen) atoms. The average Bonchev–Trinajstić information content (AvgIpc) is 3.17. The summed E-state index contributed by atoms with van der Waals surface area (Å²) < 4.78 is 11.2. The van der Waals surface area contributed by atoms with E-state index in [1.807, 2.05) is 4.90 Å². The number of carbonyl (C=O) groups is 3. The molecule has 0 aromatic heterocycles. The molecule has 204 valence electrons. The maximum absolute atomic E-state index is 12.8. The molecule has 1 unspecified atom stereocenters. The molecule has 0 bridgehead atoms. The summed E-state index contributed by atoms with van der Waals surface area (Å²) in [6, 6.07) is 0. The molecule has 0 aromatic carbocycles. The highest BCUT2D eigenvalue weighted by atomic mass is 16.7. The Kier molecular flexibility index (Phi) is 8.53. The Balaban J connectivity index is 1.45. The number of carbonyl (C=O) groups excluding carboxylic acids is 3. The van der Waals surface area contributed by atoms with Gasteiger partial charge in [0.1, 0.15) is 11.9 Å². The van der Waals surface area contributed by atoms with Gasteiger partial charge in [-0.15, -0.1) is 0 Å². The van der Waals surface area contributed by atoms with Crippen molar-refractivity contribution in [3.63, 3.8) is 0 Å². The molecule has 4 fully saturated rings. The van der Waals surface area contributed by atoms with E-state index < -0.39 is 12.1 Å². The number of hydrogen-bond donors (Lipinski definition) is 0. The molecule has 4 rings (SSSR count). The van der Waals surface area contributed by atoms with Crippen molar-refractivity contribution in [2.24, 2.45) is 40.4 Å². The number of hydrogen-bond acceptors (Lipinski definition) is 6. The summed E-state index contributed by atoms with van der Waals surface area (Å²) in [7, 11) is 0. The average molecular weight is 504 g/mol. The first kappa shape index (κ1) is 27.6. The molecule has 6 nitrogen and oxygen atoms in total. The maximum Gasteiger partial charge on any atom is 0.516 e. The lowest BCUT2D eigenvalue weighted by Crippen LogP contribution is -2.58. The molecule has 8 atom stereocenters. The van der Waals surface area contributed by atoms with Crippen LogP contribution in [0.15, 0.2) is 0 Å². The predicted octanol–water partition coefficient (Wildman–Crippen LogP) is 6.40. The molecular weight excluding hydrogens is 454 g/mol. The summed E-state index contributed by atoms with van der Waals surface area (Å²) >= 11 is 0. The summed E-state index contributed by atoms with van der Waals surface area (Å²) in [6.07, 6.45) is 10.7. The minimum Gasteiger partial charge on any atom is -0.430 e. The van der Waals surface area contributed by atoms with Crippen LogP contribution in [0.25, 0.3) is 0 Å². The Labute approximate surface area is 218 Å². The number of nitrogens with zero attached hydrogens (tertiary/aromatic N) is 1. The molecule has 0 N–H and O–H groups in total. The smallest absolute Gasteiger partial charge is 0.430 e. The van der Waals surface area contributed by atoms with Gasteiger partial charge in [-0.1, -0.05) is 27.7 Å². The molecule has 0 saturated heterocycles. The van der Waals surface area contributed by atoms with E-state index >= 15 is 0 Å². The van der Waals surface area contributed by atoms with E-state index in [9.17, 15) is 14.4 Å². The van der Waals surface area contributed by atoms with Gasteiger partial charge >= 0.3 is 12.1 Å². The number of ketones is 1. The first-order valence-corrected chi connectivity index (χ1v) is 14.8. The van der Waals surface area contributed by atoms with E-state index in [1.54, 1.807) is 6.92 Å². The number of esters is 1. The monoisotopic (exact) mass is 503 g/mol. The van der Waals surface area contributed by atoms with Gasteiger partial charge in [0.25, 0.3) is 0 Å². The summed E-state index contributed by atoms with van der Waals surface area (Å²) in [5.41, 5.74) is 0.0325. The van der Waals surface area contributed by atoms with Crippen molar-refractivity contribution < 1.29 is 23.9 Å². The van der Waals surface area contributed by atoms with Crippen LogP contribution in [0.4, 0.5) is 4.79 Å². The molecule has 0 spiro atoms. The summed E-state index contributed by atoms with van der Waals surface area (Å²) in [4.78, 5) is 39.8. The predicted molar refractivity (Wildman–Crippen MR) is 139 cm³/mol. The Hall–Kier alpha value is -1.43. The van der Waals surface area contributed by atoms with Crippen molar-refractivity contribution in [2.75, 3.05) is 19.6 Å². The van der Waals surface area contributed by atoms with Crippen molar-refractivity contribution in [2.45, 2.75) is 111 Å². The maximum atomic E-state index is 12.8. The van der Waals surface area contributed by atoms with Gasteiger partial charge in [-0.2, -0.15) is 0 Å². The summed E-state index contributed by atoms with van der Waals surface area (Å²) in [5, 5.41) is 0. The zero-order valence-electron chi connectivity index (χ0n) is 23.4. The second kappa shape index (κ2) is 11.1. The lowest BCUT2D eigenvalue weighted by molar-refractivity contribution is -0.173. The second-order valence-corrected chi connectivity index (χ2v) is 12.8. The molecule has 4 saturated carbocycles. The van der Waals surface area contributed by atoms with Crippen LogP contribution < -0.4 is 0 Å². The van der Waals surface area contributed by atoms with E-state index in [0.29, 0.717) is 29.5 Å². The van der Waals surface area contributed by atoms with Crippen molar-refractivity contribution >= 4 is 17.9 Å². The highest BCUT2D eigenvalue weighted by Crippen LogP contribution is 2.67. The zero-order chi connectivity index (χ0) is 26.1. The standard InChI is InChI=1S/C30H49NO5/c1-6-17-31(18-7-2)19-27(33)36-28(34)35-26-10-8-9-21-11-12-22-24-14-13-23(20(3)32)29(24,4)16-15-25(22)30(21,26)5/h21-26H,6-19H2,1-5H3/t21-,22+,23-,24+,25+,26?,29-,30+/m1/s1. The normalized spacial score (nSPS) is 39.6. The third kappa shape index (κ3) is 5.00. The zero-order valence-corrected chi connectivity index (χ0v) is 23.4. The Morgan fingerprint density at radius 1 is 0.889 bits per heavy atom. The van der Waals surface area contributed by atoms with Gasteiger partial charge in [-0.05, 0) is 120 Å². The molecular formula is C30H49NO5. The highest BCUT2D eigenvalue weighted by Gasteiger charge is 2.63. The quantitative estimate of drug-likeness (QED) is 0.282. The first-order chi connectivity index (χ1) is 17.1. The van der Waals surface area contributed by atoms with Crippen molar-refractivity contribution in [3.8, 4) is 0 Å². The van der Waals surface area contributed by atoms with Crippen molar-refractivity contribution in [3.05, 3.63) is 0 Å². The van der Waals surface area contributed by atoms with Crippen LogP contribution in [0.1, 0.15) is 105 Å². The summed E-state index contributed by atoms with van der Waals surface area (Å²) in [6.45, 7) is 12.4. The molecule has 0 radical (unpaired) electrons. The number of rotatable bonds is 8. The minimum absolute atomic E-state index is 0.0880. The largest absolute Gasteiger partial charge is 0.516 e. The van der Waals surface area contributed by atoms with E-state index in [4.69, 9.17) is 9.47 Å². The van der Waals surface area contributed by atoms with Gasteiger partial charge in [0.05, 0.1) is 6.54 Å². The van der Waals surface area contributed by atoms with Crippen LogP contribution in [-0.2, 0) is 19.1 Å². The Bertz CT molecular complexity index is 822. The van der Waals surface area contributed by atoms with Gasteiger partial charge < -0.3 is 9.47 Å². The Morgan fingerprint density at radius 3 is 2.28 bits per heavy atom. The second-order valence-electron chi connectivity index (χ2n) is 12.8. The van der Waals surface area contributed by atoms with Crippen LogP contribution in [0.3, 0.4) is 0 Å². The lowest BCUT2D eigenvalue weighted by atomic mass is 9.44. The Morgan fingerprint density at radius 2 is 1.61 bits per heavy atom. The molecule has 4 aliphatic rings. The molecule has 0 aliphatic heterocycles. The fourth-order valence-electron chi connectivity index (χ4n) is 9.49. The molecule has 0 heterocycles. The molecule has 6 heteroatoms. The van der Waals surface area contributed by atoms with Crippen LogP contribution in [0.2, 0.25) is 0 Å². The van der Waals surface area contributed by atoms with Crippen molar-refractivity contribution in [1.82, 2.24) is 4.90 Å². The number of fused-ring (bicyclic) bond motifs is 5. The third-order valence-corrected chi connectivity index (χ3v) is 11.0. The number of ether oxygens (including phenoxy) is 2. The molecule has 0 amide bonds.